The van der Waals surface area contributed by atoms with Crippen molar-refractivity contribution >= 4 is 30.7 Å². The normalized spacial score (nSPS) is 25.3. The fourth-order valence-corrected chi connectivity index (χ4v) is 2.69. The molecule has 2 aliphatic rings. The summed E-state index contributed by atoms with van der Waals surface area (Å²) in [6.07, 6.45) is 2.49. The van der Waals surface area contributed by atoms with E-state index in [4.69, 9.17) is 0 Å². The summed E-state index contributed by atoms with van der Waals surface area (Å²) in [5.41, 5.74) is -1.84. The molecule has 7 heteroatoms. The highest BCUT2D eigenvalue weighted by Gasteiger charge is 2.53. The number of rotatable bonds is 5. The van der Waals surface area contributed by atoms with Gasteiger partial charge >= 0.3 is 0 Å². The van der Waals surface area contributed by atoms with Gasteiger partial charge < -0.3 is 15.0 Å². The minimum atomic E-state index is -1.84. The van der Waals surface area contributed by atoms with E-state index in [1.807, 2.05) is 0 Å². The lowest BCUT2D eigenvalue weighted by Gasteiger charge is -2.34. The molecule has 0 aromatic carbocycles. The molecule has 118 valence electrons. The van der Waals surface area contributed by atoms with Gasteiger partial charge in [-0.05, 0) is 39.5 Å². The number of carbonyl (C=O) groups is 3. The Morgan fingerprint density at radius 1 is 1.48 bits per heavy atom. The molecule has 0 radical (unpaired) electrons. The first-order valence-corrected chi connectivity index (χ1v) is 7.62. The summed E-state index contributed by atoms with van der Waals surface area (Å²) >= 11 is 4.36. The monoisotopic (exact) mass is 316 g/mol. The molecule has 1 aliphatic carbocycles. The average Bonchev–Trinajstić information content (AvgIpc) is 2.98. The van der Waals surface area contributed by atoms with Gasteiger partial charge in [0, 0.05) is 11.3 Å². The Morgan fingerprint density at radius 2 is 2.10 bits per heavy atom. The van der Waals surface area contributed by atoms with E-state index in [0.29, 0.717) is 13.0 Å². The van der Waals surface area contributed by atoms with Crippen LogP contribution in [0.25, 0.3) is 0 Å². The first-order valence-electron chi connectivity index (χ1n) is 7.17. The molecule has 1 saturated heterocycles. The van der Waals surface area contributed by atoms with Crippen molar-refractivity contribution in [2.24, 2.45) is 0 Å². The lowest BCUT2D eigenvalue weighted by molar-refractivity contribution is -0.140. The van der Waals surface area contributed by atoms with E-state index in [9.17, 15) is 18.8 Å². The van der Waals surface area contributed by atoms with Gasteiger partial charge in [-0.3, -0.25) is 9.59 Å². The molecule has 21 heavy (non-hydrogen) atoms. The largest absolute Gasteiger partial charge is 0.340 e. The number of thiol groups is 1. The van der Waals surface area contributed by atoms with Crippen LogP contribution in [0.2, 0.25) is 0 Å². The molecule has 1 aliphatic heterocycles. The van der Waals surface area contributed by atoms with Crippen molar-refractivity contribution in [2.75, 3.05) is 6.54 Å². The molecule has 2 unspecified atom stereocenters. The number of alkyl halides is 1. The van der Waals surface area contributed by atoms with Crippen LogP contribution in [-0.2, 0) is 14.4 Å². The fourth-order valence-electron chi connectivity index (χ4n) is 2.51. The van der Waals surface area contributed by atoms with Gasteiger partial charge in [0.25, 0.3) is 5.91 Å². The minimum absolute atomic E-state index is 0.188. The van der Waals surface area contributed by atoms with E-state index in [0.717, 1.165) is 12.7 Å². The number of halogens is 1. The van der Waals surface area contributed by atoms with Crippen LogP contribution in [0.4, 0.5) is 4.39 Å². The van der Waals surface area contributed by atoms with Crippen molar-refractivity contribution in [3.05, 3.63) is 0 Å². The summed E-state index contributed by atoms with van der Waals surface area (Å²) < 4.78 is 13.0. The van der Waals surface area contributed by atoms with E-state index in [1.54, 1.807) is 13.8 Å². The summed E-state index contributed by atoms with van der Waals surface area (Å²) in [5.74, 6) is -1.13. The van der Waals surface area contributed by atoms with Crippen LogP contribution in [0, 0.1) is 0 Å². The predicted octanol–water partition coefficient (Wildman–Crippen LogP) is 0.872. The number of hydrogen-bond acceptors (Lipinski definition) is 4. The molecule has 0 aromatic rings. The van der Waals surface area contributed by atoms with Gasteiger partial charge in [-0.15, -0.1) is 0 Å². The Hall–Kier alpha value is -1.11. The third-order valence-corrected chi connectivity index (χ3v) is 4.32. The quantitative estimate of drug-likeness (QED) is 0.584. The lowest BCUT2D eigenvalue weighted by atomic mass is 10.0. The van der Waals surface area contributed by atoms with Crippen molar-refractivity contribution < 1.29 is 18.8 Å². The van der Waals surface area contributed by atoms with Crippen molar-refractivity contribution in [3.63, 3.8) is 0 Å². The van der Waals surface area contributed by atoms with Gasteiger partial charge in [0.2, 0.25) is 5.91 Å². The van der Waals surface area contributed by atoms with Crippen LogP contribution in [-0.4, -0.2) is 52.0 Å². The summed E-state index contributed by atoms with van der Waals surface area (Å²) in [7, 11) is 0. The maximum Gasteiger partial charge on any atom is 0.258 e. The summed E-state index contributed by atoms with van der Waals surface area (Å²) in [4.78, 5) is 37.0. The van der Waals surface area contributed by atoms with E-state index < -0.39 is 28.4 Å². The van der Waals surface area contributed by atoms with Crippen molar-refractivity contribution in [1.82, 2.24) is 10.2 Å². The Kier molecular flexibility index (Phi) is 4.33. The zero-order valence-electron chi connectivity index (χ0n) is 12.3. The second-order valence-corrected chi connectivity index (χ2v) is 7.56. The Bertz CT molecular complexity index is 460. The van der Waals surface area contributed by atoms with Crippen LogP contribution in [0.3, 0.4) is 0 Å². The Morgan fingerprint density at radius 3 is 2.57 bits per heavy atom. The van der Waals surface area contributed by atoms with Crippen molar-refractivity contribution in [2.45, 2.75) is 62.0 Å². The molecular formula is C14H21FN2O3S. The topological polar surface area (TPSA) is 66.5 Å². The summed E-state index contributed by atoms with van der Waals surface area (Å²) in [6, 6.07) is -1.42. The zero-order valence-corrected chi connectivity index (χ0v) is 13.2. The molecule has 2 rings (SSSR count). The van der Waals surface area contributed by atoms with Gasteiger partial charge in [-0.25, -0.2) is 4.39 Å². The van der Waals surface area contributed by atoms with Crippen LogP contribution in [0.1, 0.15) is 39.5 Å². The van der Waals surface area contributed by atoms with Gasteiger partial charge in [0.1, 0.15) is 12.3 Å². The summed E-state index contributed by atoms with van der Waals surface area (Å²) in [6.45, 7) is 3.84. The highest BCUT2D eigenvalue weighted by Crippen LogP contribution is 2.40. The number of nitrogens with zero attached hydrogens (tertiary/aromatic N) is 1. The molecule has 1 saturated carbocycles. The van der Waals surface area contributed by atoms with E-state index >= 15 is 0 Å². The fraction of sp³-hybridized carbons (Fsp3) is 0.786. The highest BCUT2D eigenvalue weighted by atomic mass is 32.1. The number of hydrogen-bond donors (Lipinski definition) is 2. The molecule has 5 nitrogen and oxygen atoms in total. The van der Waals surface area contributed by atoms with Gasteiger partial charge in [-0.2, -0.15) is 12.6 Å². The third-order valence-electron chi connectivity index (χ3n) is 4.06. The molecule has 2 amide bonds. The third kappa shape index (κ3) is 3.39. The Labute approximate surface area is 129 Å². The minimum Gasteiger partial charge on any atom is -0.340 e. The van der Waals surface area contributed by atoms with Gasteiger partial charge in [0.15, 0.2) is 5.67 Å². The van der Waals surface area contributed by atoms with E-state index in [-0.39, 0.29) is 18.7 Å². The molecule has 0 bridgehead atoms. The van der Waals surface area contributed by atoms with E-state index in [2.05, 4.69) is 17.9 Å². The molecule has 1 heterocycles. The number of nitrogens with one attached hydrogen (secondary N) is 1. The first-order chi connectivity index (χ1) is 9.69. The average molecular weight is 316 g/mol. The van der Waals surface area contributed by atoms with E-state index in [1.165, 1.54) is 4.90 Å². The maximum atomic E-state index is 13.8. The maximum absolute atomic E-state index is 13.8. The van der Waals surface area contributed by atoms with Gasteiger partial charge in [-0.1, -0.05) is 0 Å². The molecular weight excluding hydrogens is 295 g/mol. The highest BCUT2D eigenvalue weighted by molar-refractivity contribution is 7.81. The molecule has 2 atom stereocenters. The number of carbonyl (C=O) groups excluding carboxylic acids is 3. The van der Waals surface area contributed by atoms with Crippen LogP contribution in [0.5, 0.6) is 0 Å². The SMILES string of the molecule is CC(C)(S)C(NC(=O)C1(F)CC1)C(=O)N1CCCC1C=O. The lowest BCUT2D eigenvalue weighted by Crippen LogP contribution is -2.59. The zero-order chi connectivity index (χ0) is 15.8. The molecule has 2 fully saturated rings. The molecule has 1 N–H and O–H groups in total. The number of likely N-dealkylation sites (tertiary alicyclic amines) is 1. The Balaban J connectivity index is 2.14. The predicted molar refractivity (Wildman–Crippen MR) is 78.9 cm³/mol. The van der Waals surface area contributed by atoms with Crippen LogP contribution >= 0.6 is 12.6 Å². The van der Waals surface area contributed by atoms with Crippen molar-refractivity contribution in [1.29, 1.82) is 0 Å². The second kappa shape index (κ2) is 5.59. The van der Waals surface area contributed by atoms with Gasteiger partial charge in [0.05, 0.1) is 6.04 Å². The standard InChI is InChI=1S/C14H21FN2O3S/c1-13(2,21)10(16-12(20)14(15)5-6-14)11(19)17-7-3-4-9(17)8-18/h8-10,21H,3-7H2,1-2H3,(H,16,20). The second-order valence-electron chi connectivity index (χ2n) is 6.40. The molecule has 0 aromatic heterocycles. The molecule has 0 spiro atoms. The summed E-state index contributed by atoms with van der Waals surface area (Å²) in [5, 5.41) is 2.48. The first kappa shape index (κ1) is 16.3. The van der Waals surface area contributed by atoms with Crippen LogP contribution < -0.4 is 5.32 Å². The van der Waals surface area contributed by atoms with Crippen molar-refractivity contribution in [3.8, 4) is 0 Å². The number of amides is 2. The smallest absolute Gasteiger partial charge is 0.258 e. The number of aldehydes is 1. The van der Waals surface area contributed by atoms with Crippen LogP contribution in [0.15, 0.2) is 0 Å².